The van der Waals surface area contributed by atoms with Gasteiger partial charge in [0.25, 0.3) is 0 Å². The molecule has 1 saturated carbocycles. The SMILES string of the molecule is O=C1CCCCC(c2sccc2Cl)C1. The number of carbonyl (C=O) groups is 1. The summed E-state index contributed by atoms with van der Waals surface area (Å²) in [6.07, 6.45) is 4.79. The van der Waals surface area contributed by atoms with Crippen LogP contribution in [0.15, 0.2) is 11.4 Å². The van der Waals surface area contributed by atoms with E-state index in [0.717, 1.165) is 30.7 Å². The van der Waals surface area contributed by atoms with Crippen molar-refractivity contribution in [3.8, 4) is 0 Å². The zero-order chi connectivity index (χ0) is 9.97. The molecule has 1 nitrogen and oxygen atoms in total. The predicted octanol–water partition coefficient (Wildman–Crippen LogP) is 4.02. The van der Waals surface area contributed by atoms with Gasteiger partial charge in [0.15, 0.2) is 0 Å². The number of halogens is 1. The second-order valence-corrected chi connectivity index (χ2v) is 5.17. The maximum absolute atomic E-state index is 11.5. The van der Waals surface area contributed by atoms with Gasteiger partial charge in [-0.2, -0.15) is 0 Å². The summed E-state index contributed by atoms with van der Waals surface area (Å²) >= 11 is 7.76. The minimum absolute atomic E-state index is 0.387. The fourth-order valence-electron chi connectivity index (χ4n) is 2.01. The molecule has 0 bridgehead atoms. The van der Waals surface area contributed by atoms with Crippen LogP contribution in [0.5, 0.6) is 0 Å². The van der Waals surface area contributed by atoms with Crippen LogP contribution in [0.3, 0.4) is 0 Å². The zero-order valence-electron chi connectivity index (χ0n) is 7.96. The summed E-state index contributed by atoms with van der Waals surface area (Å²) in [6, 6.07) is 1.93. The summed E-state index contributed by atoms with van der Waals surface area (Å²) < 4.78 is 0. The number of Topliss-reactive ketones (excluding diaryl/α,β-unsaturated/α-hetero) is 1. The number of carbonyl (C=O) groups excluding carboxylic acids is 1. The molecule has 3 heteroatoms. The molecular weight excluding hydrogens is 216 g/mol. The Morgan fingerprint density at radius 1 is 1.43 bits per heavy atom. The summed E-state index contributed by atoms with van der Waals surface area (Å²) in [7, 11) is 0. The Morgan fingerprint density at radius 2 is 2.29 bits per heavy atom. The molecule has 1 unspecified atom stereocenters. The molecular formula is C11H13ClOS. The molecule has 1 fully saturated rings. The summed E-state index contributed by atoms with van der Waals surface area (Å²) in [5, 5.41) is 2.85. The minimum Gasteiger partial charge on any atom is -0.300 e. The molecule has 0 aromatic carbocycles. The molecule has 76 valence electrons. The van der Waals surface area contributed by atoms with Crippen molar-refractivity contribution in [1.82, 2.24) is 0 Å². The van der Waals surface area contributed by atoms with E-state index >= 15 is 0 Å². The summed E-state index contributed by atoms with van der Waals surface area (Å²) in [5.41, 5.74) is 0. The van der Waals surface area contributed by atoms with Crippen LogP contribution in [0.1, 0.15) is 42.9 Å². The molecule has 1 aliphatic rings. The average Bonchev–Trinajstić information content (AvgIpc) is 2.45. The highest BCUT2D eigenvalue weighted by Crippen LogP contribution is 2.37. The van der Waals surface area contributed by atoms with Crippen LogP contribution in [0.4, 0.5) is 0 Å². The molecule has 0 amide bonds. The smallest absolute Gasteiger partial charge is 0.133 e. The summed E-state index contributed by atoms with van der Waals surface area (Å²) in [5.74, 6) is 0.787. The van der Waals surface area contributed by atoms with Gasteiger partial charge in [0.2, 0.25) is 0 Å². The van der Waals surface area contributed by atoms with Gasteiger partial charge in [0, 0.05) is 23.6 Å². The fourth-order valence-corrected chi connectivity index (χ4v) is 3.36. The molecule has 1 aromatic heterocycles. The van der Waals surface area contributed by atoms with Gasteiger partial charge in [-0.3, -0.25) is 4.79 Å². The molecule has 14 heavy (non-hydrogen) atoms. The van der Waals surface area contributed by atoms with E-state index in [9.17, 15) is 4.79 Å². The second kappa shape index (κ2) is 4.45. The van der Waals surface area contributed by atoms with Crippen molar-refractivity contribution in [2.24, 2.45) is 0 Å². The first-order chi connectivity index (χ1) is 6.77. The first-order valence-corrected chi connectivity index (χ1v) is 6.27. The number of hydrogen-bond donors (Lipinski definition) is 0. The van der Waals surface area contributed by atoms with Gasteiger partial charge in [-0.05, 0) is 24.3 Å². The van der Waals surface area contributed by atoms with Crippen LogP contribution in [0.25, 0.3) is 0 Å². The molecule has 0 aliphatic heterocycles. The highest BCUT2D eigenvalue weighted by molar-refractivity contribution is 7.10. The Bertz CT molecular complexity index is 332. The topological polar surface area (TPSA) is 17.1 Å². The molecule has 0 spiro atoms. The van der Waals surface area contributed by atoms with Crippen molar-refractivity contribution in [1.29, 1.82) is 0 Å². The first kappa shape index (κ1) is 10.2. The van der Waals surface area contributed by atoms with Crippen LogP contribution >= 0.6 is 22.9 Å². The zero-order valence-corrected chi connectivity index (χ0v) is 9.53. The lowest BCUT2D eigenvalue weighted by Crippen LogP contribution is -2.02. The van der Waals surface area contributed by atoms with Gasteiger partial charge in [0.1, 0.15) is 5.78 Å². The number of hydrogen-bond acceptors (Lipinski definition) is 2. The van der Waals surface area contributed by atoms with Gasteiger partial charge in [-0.15, -0.1) is 11.3 Å². The Labute approximate surface area is 93.1 Å². The van der Waals surface area contributed by atoms with Crippen molar-refractivity contribution in [2.75, 3.05) is 0 Å². The van der Waals surface area contributed by atoms with E-state index in [0.29, 0.717) is 18.1 Å². The van der Waals surface area contributed by atoms with E-state index in [1.807, 2.05) is 11.4 Å². The van der Waals surface area contributed by atoms with Crippen LogP contribution < -0.4 is 0 Å². The normalized spacial score (nSPS) is 23.5. The van der Waals surface area contributed by atoms with Crippen molar-refractivity contribution in [3.63, 3.8) is 0 Å². The van der Waals surface area contributed by atoms with Crippen LogP contribution in [0.2, 0.25) is 5.02 Å². The maximum Gasteiger partial charge on any atom is 0.133 e. The van der Waals surface area contributed by atoms with E-state index in [4.69, 9.17) is 11.6 Å². The minimum atomic E-state index is 0.387. The van der Waals surface area contributed by atoms with Gasteiger partial charge in [-0.25, -0.2) is 0 Å². The number of thiophene rings is 1. The van der Waals surface area contributed by atoms with E-state index in [1.54, 1.807) is 11.3 Å². The fraction of sp³-hybridized carbons (Fsp3) is 0.545. The quantitative estimate of drug-likeness (QED) is 0.664. The highest BCUT2D eigenvalue weighted by Gasteiger charge is 2.21. The van der Waals surface area contributed by atoms with E-state index in [-0.39, 0.29) is 0 Å². The van der Waals surface area contributed by atoms with Gasteiger partial charge < -0.3 is 0 Å². The van der Waals surface area contributed by atoms with Gasteiger partial charge >= 0.3 is 0 Å². The Morgan fingerprint density at radius 3 is 3.00 bits per heavy atom. The highest BCUT2D eigenvalue weighted by atomic mass is 35.5. The Kier molecular flexibility index (Phi) is 3.24. The lowest BCUT2D eigenvalue weighted by molar-refractivity contribution is -0.119. The van der Waals surface area contributed by atoms with Crippen molar-refractivity contribution >= 4 is 28.7 Å². The molecule has 0 radical (unpaired) electrons. The standard InChI is InChI=1S/C11H13ClOS/c12-10-5-6-14-11(10)8-3-1-2-4-9(13)7-8/h5-6,8H,1-4,7H2. The van der Waals surface area contributed by atoms with Gasteiger partial charge in [-0.1, -0.05) is 18.0 Å². The van der Waals surface area contributed by atoms with E-state index < -0.39 is 0 Å². The van der Waals surface area contributed by atoms with Crippen molar-refractivity contribution in [3.05, 3.63) is 21.3 Å². The number of ketones is 1. The molecule has 0 saturated heterocycles. The molecule has 1 heterocycles. The number of rotatable bonds is 1. The molecule has 0 N–H and O–H groups in total. The van der Waals surface area contributed by atoms with Crippen molar-refractivity contribution < 1.29 is 4.79 Å². The molecule has 2 rings (SSSR count). The second-order valence-electron chi connectivity index (χ2n) is 3.82. The van der Waals surface area contributed by atoms with Crippen molar-refractivity contribution in [2.45, 2.75) is 38.0 Å². The lowest BCUT2D eigenvalue weighted by atomic mass is 9.98. The third kappa shape index (κ3) is 2.18. The molecule has 1 aliphatic carbocycles. The third-order valence-electron chi connectivity index (χ3n) is 2.75. The predicted molar refractivity (Wildman–Crippen MR) is 60.2 cm³/mol. The van der Waals surface area contributed by atoms with Gasteiger partial charge in [0.05, 0.1) is 5.02 Å². The Balaban J connectivity index is 2.17. The monoisotopic (exact) mass is 228 g/mol. The summed E-state index contributed by atoms with van der Waals surface area (Å²) in [6.45, 7) is 0. The largest absolute Gasteiger partial charge is 0.300 e. The molecule has 1 atom stereocenters. The van der Waals surface area contributed by atoms with Crippen LogP contribution in [-0.2, 0) is 4.79 Å². The van der Waals surface area contributed by atoms with E-state index in [1.165, 1.54) is 4.88 Å². The lowest BCUT2D eigenvalue weighted by Gasteiger charge is -2.11. The average molecular weight is 229 g/mol. The van der Waals surface area contributed by atoms with Crippen LogP contribution in [-0.4, -0.2) is 5.78 Å². The Hall–Kier alpha value is -0.340. The van der Waals surface area contributed by atoms with Crippen LogP contribution in [0, 0.1) is 0 Å². The summed E-state index contributed by atoms with van der Waals surface area (Å²) in [4.78, 5) is 12.7. The first-order valence-electron chi connectivity index (χ1n) is 5.02. The maximum atomic E-state index is 11.5. The molecule has 1 aromatic rings. The third-order valence-corrected chi connectivity index (χ3v) is 4.27. The van der Waals surface area contributed by atoms with E-state index in [2.05, 4.69) is 0 Å².